The van der Waals surface area contributed by atoms with Gasteiger partial charge >= 0.3 is 0 Å². The molecule has 5 nitrogen and oxygen atoms in total. The number of aromatic nitrogens is 2. The van der Waals surface area contributed by atoms with Gasteiger partial charge in [-0.3, -0.25) is 9.48 Å². The quantitative estimate of drug-likeness (QED) is 0.776. The van der Waals surface area contributed by atoms with Crippen LogP contribution in [0.4, 0.5) is 5.69 Å². The van der Waals surface area contributed by atoms with Crippen molar-refractivity contribution in [1.29, 1.82) is 0 Å². The molecule has 2 rings (SSSR count). The topological polar surface area (TPSA) is 86.9 Å². The van der Waals surface area contributed by atoms with Crippen LogP contribution in [0, 0.1) is 0 Å². The summed E-state index contributed by atoms with van der Waals surface area (Å²) in [6.45, 7) is 1.71. The molecule has 1 heterocycles. The van der Waals surface area contributed by atoms with E-state index in [1.165, 1.54) is 0 Å². The van der Waals surface area contributed by atoms with E-state index >= 15 is 0 Å². The fourth-order valence-electron chi connectivity index (χ4n) is 1.50. The first-order chi connectivity index (χ1) is 8.08. The van der Waals surface area contributed by atoms with Crippen LogP contribution in [0.15, 0.2) is 36.7 Å². The van der Waals surface area contributed by atoms with Crippen LogP contribution in [0.3, 0.4) is 0 Å². The second-order valence-corrected chi connectivity index (χ2v) is 3.91. The summed E-state index contributed by atoms with van der Waals surface area (Å²) in [6.07, 6.45) is 3.49. The van der Waals surface area contributed by atoms with Crippen LogP contribution in [0.2, 0.25) is 0 Å². The predicted octanol–water partition coefficient (Wildman–Crippen LogP) is 1.18. The average molecular weight is 230 g/mol. The summed E-state index contributed by atoms with van der Waals surface area (Å²) < 4.78 is 1.55. The zero-order valence-corrected chi connectivity index (χ0v) is 9.50. The van der Waals surface area contributed by atoms with Gasteiger partial charge in [0.15, 0.2) is 0 Å². The molecule has 88 valence electrons. The standard InChI is InChI=1S/C12H14N4O/c1-8(12(14)17)16-7-10(6-15-16)9-2-4-11(13)5-3-9/h2-8H,13H2,1H3,(H2,14,17). The zero-order chi connectivity index (χ0) is 12.4. The van der Waals surface area contributed by atoms with E-state index in [-0.39, 0.29) is 0 Å². The molecule has 1 atom stereocenters. The Kier molecular flexibility index (Phi) is 2.82. The Morgan fingerprint density at radius 3 is 2.53 bits per heavy atom. The number of primary amides is 1. The molecular formula is C12H14N4O. The second-order valence-electron chi connectivity index (χ2n) is 3.91. The maximum atomic E-state index is 11.0. The normalized spacial score (nSPS) is 12.3. The molecule has 1 aromatic heterocycles. The van der Waals surface area contributed by atoms with Crippen LogP contribution in [-0.2, 0) is 4.79 Å². The van der Waals surface area contributed by atoms with E-state index in [1.54, 1.807) is 24.0 Å². The number of benzene rings is 1. The summed E-state index contributed by atoms with van der Waals surface area (Å²) in [7, 11) is 0. The molecule has 5 heteroatoms. The first-order valence-corrected chi connectivity index (χ1v) is 5.27. The van der Waals surface area contributed by atoms with Gasteiger partial charge in [0.2, 0.25) is 5.91 Å². The summed E-state index contributed by atoms with van der Waals surface area (Å²) in [4.78, 5) is 11.0. The van der Waals surface area contributed by atoms with Gasteiger partial charge in [0.1, 0.15) is 6.04 Å². The smallest absolute Gasteiger partial charge is 0.241 e. The number of hydrogen-bond donors (Lipinski definition) is 2. The largest absolute Gasteiger partial charge is 0.399 e. The van der Waals surface area contributed by atoms with E-state index < -0.39 is 11.9 Å². The van der Waals surface area contributed by atoms with Crippen LogP contribution in [0.5, 0.6) is 0 Å². The maximum Gasteiger partial charge on any atom is 0.241 e. The minimum absolute atomic E-state index is 0.406. The third kappa shape index (κ3) is 2.28. The van der Waals surface area contributed by atoms with Crippen LogP contribution < -0.4 is 11.5 Å². The minimum Gasteiger partial charge on any atom is -0.399 e. The Morgan fingerprint density at radius 1 is 1.29 bits per heavy atom. The minimum atomic E-state index is -0.447. The summed E-state index contributed by atoms with van der Waals surface area (Å²) in [5, 5.41) is 4.12. The predicted molar refractivity (Wildman–Crippen MR) is 66.0 cm³/mol. The SMILES string of the molecule is CC(C(N)=O)n1cc(-c2ccc(N)cc2)cn1. The van der Waals surface area contributed by atoms with Gasteiger partial charge in [0.05, 0.1) is 6.20 Å². The summed E-state index contributed by atoms with van der Waals surface area (Å²) >= 11 is 0. The molecule has 0 aliphatic heterocycles. The highest BCUT2D eigenvalue weighted by Crippen LogP contribution is 2.20. The lowest BCUT2D eigenvalue weighted by Crippen LogP contribution is -2.24. The third-order valence-corrected chi connectivity index (χ3v) is 2.65. The second kappa shape index (κ2) is 4.29. The Hall–Kier alpha value is -2.30. The van der Waals surface area contributed by atoms with Gasteiger partial charge in [-0.15, -0.1) is 0 Å². The number of hydrogen-bond acceptors (Lipinski definition) is 3. The summed E-state index contributed by atoms with van der Waals surface area (Å²) in [5.41, 5.74) is 13.5. The lowest BCUT2D eigenvalue weighted by Gasteiger charge is -2.06. The zero-order valence-electron chi connectivity index (χ0n) is 9.50. The fraction of sp³-hybridized carbons (Fsp3) is 0.167. The highest BCUT2D eigenvalue weighted by atomic mass is 16.1. The van der Waals surface area contributed by atoms with Gasteiger partial charge < -0.3 is 11.5 Å². The molecule has 0 saturated carbocycles. The van der Waals surface area contributed by atoms with E-state index in [0.29, 0.717) is 5.69 Å². The first kappa shape index (κ1) is 11.2. The van der Waals surface area contributed by atoms with Crippen molar-refractivity contribution in [3.05, 3.63) is 36.7 Å². The van der Waals surface area contributed by atoms with Crippen LogP contribution >= 0.6 is 0 Å². The van der Waals surface area contributed by atoms with Gasteiger partial charge in [-0.05, 0) is 24.6 Å². The van der Waals surface area contributed by atoms with Gasteiger partial charge in [-0.25, -0.2) is 0 Å². The summed E-state index contributed by atoms with van der Waals surface area (Å²) in [5.74, 6) is -0.406. The Labute approximate surface area is 99.0 Å². The van der Waals surface area contributed by atoms with E-state index in [2.05, 4.69) is 5.10 Å². The van der Waals surface area contributed by atoms with Gasteiger partial charge in [0, 0.05) is 17.4 Å². The molecule has 1 unspecified atom stereocenters. The lowest BCUT2D eigenvalue weighted by molar-refractivity contribution is -0.120. The first-order valence-electron chi connectivity index (χ1n) is 5.27. The third-order valence-electron chi connectivity index (χ3n) is 2.65. The maximum absolute atomic E-state index is 11.0. The fourth-order valence-corrected chi connectivity index (χ4v) is 1.50. The molecular weight excluding hydrogens is 216 g/mol. The monoisotopic (exact) mass is 230 g/mol. The molecule has 0 spiro atoms. The van der Waals surface area contributed by atoms with Crippen molar-refractivity contribution in [1.82, 2.24) is 9.78 Å². The molecule has 0 aliphatic carbocycles. The van der Waals surface area contributed by atoms with E-state index in [0.717, 1.165) is 11.1 Å². The molecule has 1 aromatic carbocycles. The number of nitrogens with two attached hydrogens (primary N) is 2. The van der Waals surface area contributed by atoms with E-state index in [1.807, 2.05) is 24.3 Å². The molecule has 1 amide bonds. The molecule has 2 aromatic rings. The molecule has 0 saturated heterocycles. The summed E-state index contributed by atoms with van der Waals surface area (Å²) in [6, 6.07) is 7.02. The van der Waals surface area contributed by atoms with Gasteiger partial charge in [-0.1, -0.05) is 12.1 Å². The highest BCUT2D eigenvalue weighted by molar-refractivity contribution is 5.78. The van der Waals surface area contributed by atoms with Gasteiger partial charge in [-0.2, -0.15) is 5.10 Å². The molecule has 0 fully saturated rings. The van der Waals surface area contributed by atoms with Crippen molar-refractivity contribution in [2.24, 2.45) is 5.73 Å². The number of anilines is 1. The Balaban J connectivity index is 2.29. The molecule has 0 bridgehead atoms. The lowest BCUT2D eigenvalue weighted by atomic mass is 10.1. The van der Waals surface area contributed by atoms with Crippen molar-refractivity contribution in [3.63, 3.8) is 0 Å². The number of carbonyl (C=O) groups is 1. The van der Waals surface area contributed by atoms with Crippen LogP contribution in [0.1, 0.15) is 13.0 Å². The molecule has 0 radical (unpaired) electrons. The van der Waals surface area contributed by atoms with Crippen LogP contribution in [-0.4, -0.2) is 15.7 Å². The molecule has 17 heavy (non-hydrogen) atoms. The van der Waals surface area contributed by atoms with Gasteiger partial charge in [0.25, 0.3) is 0 Å². The van der Waals surface area contributed by atoms with Crippen molar-refractivity contribution < 1.29 is 4.79 Å². The van der Waals surface area contributed by atoms with Crippen molar-refractivity contribution in [3.8, 4) is 11.1 Å². The van der Waals surface area contributed by atoms with Crippen molar-refractivity contribution in [2.45, 2.75) is 13.0 Å². The van der Waals surface area contributed by atoms with Crippen LogP contribution in [0.25, 0.3) is 11.1 Å². The number of carbonyl (C=O) groups excluding carboxylic acids is 1. The number of rotatable bonds is 3. The van der Waals surface area contributed by atoms with E-state index in [9.17, 15) is 4.79 Å². The highest BCUT2D eigenvalue weighted by Gasteiger charge is 2.12. The molecule has 0 aliphatic rings. The van der Waals surface area contributed by atoms with Crippen molar-refractivity contribution >= 4 is 11.6 Å². The Bertz CT molecular complexity index is 530. The van der Waals surface area contributed by atoms with Crippen molar-refractivity contribution in [2.75, 3.05) is 5.73 Å². The Morgan fingerprint density at radius 2 is 1.94 bits per heavy atom. The molecule has 4 N–H and O–H groups in total. The average Bonchev–Trinajstić information content (AvgIpc) is 2.78. The number of amides is 1. The van der Waals surface area contributed by atoms with E-state index in [4.69, 9.17) is 11.5 Å². The number of nitrogen functional groups attached to an aromatic ring is 1. The number of nitrogens with zero attached hydrogens (tertiary/aromatic N) is 2.